The molecule has 2 aromatic rings. The molecule has 1 saturated heterocycles. The predicted molar refractivity (Wildman–Crippen MR) is 92.2 cm³/mol. The topological polar surface area (TPSA) is 64.6 Å². The molecule has 4 rings (SSSR count). The molecule has 2 aliphatic heterocycles. The van der Waals surface area contributed by atoms with Crippen molar-refractivity contribution in [1.82, 2.24) is 14.9 Å². The number of benzene rings is 1. The van der Waals surface area contributed by atoms with E-state index in [-0.39, 0.29) is 23.3 Å². The Kier molecular flexibility index (Phi) is 4.79. The van der Waals surface area contributed by atoms with Crippen LogP contribution in [0.2, 0.25) is 0 Å². The number of nitrogens with zero attached hydrogens (tertiary/aromatic N) is 3. The summed E-state index contributed by atoms with van der Waals surface area (Å²) in [5.41, 5.74) is 0.761. The van der Waals surface area contributed by atoms with Crippen molar-refractivity contribution >= 4 is 5.78 Å². The number of carbonyl (C=O) groups is 1. The minimum absolute atomic E-state index is 0.128. The lowest BCUT2D eigenvalue weighted by Crippen LogP contribution is -2.24. The van der Waals surface area contributed by atoms with Crippen LogP contribution < -0.4 is 9.47 Å². The first-order chi connectivity index (χ1) is 12.7. The van der Waals surface area contributed by atoms with Gasteiger partial charge in [-0.25, -0.2) is 9.37 Å². The number of ether oxygens (including phenoxy) is 2. The zero-order chi connectivity index (χ0) is 17.9. The molecule has 1 aromatic carbocycles. The molecule has 1 fully saturated rings. The lowest BCUT2D eigenvalue weighted by Gasteiger charge is -2.17. The van der Waals surface area contributed by atoms with Crippen LogP contribution in [0, 0.1) is 5.82 Å². The van der Waals surface area contributed by atoms with Crippen molar-refractivity contribution in [3.8, 4) is 11.6 Å². The maximum Gasteiger partial charge on any atom is 0.260 e. The normalized spacial score (nSPS) is 19.5. The number of hydrogen-bond donors (Lipinski definition) is 0. The number of aromatic nitrogens is 2. The molecule has 2 aliphatic rings. The van der Waals surface area contributed by atoms with Crippen molar-refractivity contribution in [3.05, 3.63) is 47.7 Å². The molecule has 0 radical (unpaired) electrons. The summed E-state index contributed by atoms with van der Waals surface area (Å²) in [5, 5.41) is 0. The number of ketones is 1. The SMILES string of the molecule is O=C(CCN1CCC(c2ccccc2F)C1)c1ncc2c(n1)OCCO2. The van der Waals surface area contributed by atoms with Crippen molar-refractivity contribution in [2.75, 3.05) is 32.8 Å². The first-order valence-electron chi connectivity index (χ1n) is 8.83. The fourth-order valence-corrected chi connectivity index (χ4v) is 3.45. The Balaban J connectivity index is 1.33. The van der Waals surface area contributed by atoms with Gasteiger partial charge in [0.1, 0.15) is 19.0 Å². The van der Waals surface area contributed by atoms with Gasteiger partial charge in [-0.15, -0.1) is 0 Å². The van der Waals surface area contributed by atoms with E-state index >= 15 is 0 Å². The highest BCUT2D eigenvalue weighted by atomic mass is 19.1. The molecule has 0 aliphatic carbocycles. The van der Waals surface area contributed by atoms with E-state index in [9.17, 15) is 9.18 Å². The number of halogens is 1. The molecule has 0 bridgehead atoms. The van der Waals surface area contributed by atoms with Gasteiger partial charge in [-0.1, -0.05) is 18.2 Å². The molecule has 7 heteroatoms. The van der Waals surface area contributed by atoms with Crippen LogP contribution in [0.25, 0.3) is 0 Å². The van der Waals surface area contributed by atoms with Crippen molar-refractivity contribution < 1.29 is 18.7 Å². The third-order valence-electron chi connectivity index (χ3n) is 4.82. The summed E-state index contributed by atoms with van der Waals surface area (Å²) >= 11 is 0. The number of hydrogen-bond acceptors (Lipinski definition) is 6. The zero-order valence-corrected chi connectivity index (χ0v) is 14.4. The smallest absolute Gasteiger partial charge is 0.260 e. The largest absolute Gasteiger partial charge is 0.483 e. The van der Waals surface area contributed by atoms with Gasteiger partial charge in [0, 0.05) is 25.4 Å². The number of rotatable bonds is 5. The highest BCUT2D eigenvalue weighted by molar-refractivity contribution is 5.92. The summed E-state index contributed by atoms with van der Waals surface area (Å²) in [6.07, 6.45) is 2.71. The van der Waals surface area contributed by atoms with Crippen LogP contribution in [0.3, 0.4) is 0 Å². The average Bonchev–Trinajstić information content (AvgIpc) is 3.15. The molecular weight excluding hydrogens is 337 g/mol. The predicted octanol–water partition coefficient (Wildman–Crippen LogP) is 2.45. The van der Waals surface area contributed by atoms with Crippen LogP contribution in [0.4, 0.5) is 4.39 Å². The van der Waals surface area contributed by atoms with Crippen LogP contribution in [0.15, 0.2) is 30.5 Å². The fourth-order valence-electron chi connectivity index (χ4n) is 3.45. The van der Waals surface area contributed by atoms with Gasteiger partial charge in [0.15, 0.2) is 11.6 Å². The van der Waals surface area contributed by atoms with Gasteiger partial charge in [0.05, 0.1) is 6.20 Å². The van der Waals surface area contributed by atoms with Crippen molar-refractivity contribution in [1.29, 1.82) is 0 Å². The van der Waals surface area contributed by atoms with Gasteiger partial charge in [0.2, 0.25) is 5.78 Å². The van der Waals surface area contributed by atoms with Gasteiger partial charge >= 0.3 is 0 Å². The third kappa shape index (κ3) is 3.53. The summed E-state index contributed by atoms with van der Waals surface area (Å²) in [5.74, 6) is 0.850. The maximum absolute atomic E-state index is 13.9. The molecule has 0 N–H and O–H groups in total. The molecule has 136 valence electrons. The Bertz CT molecular complexity index is 814. The standard InChI is InChI=1S/C19H20FN3O3/c20-15-4-2-1-3-14(15)13-5-7-23(12-13)8-6-16(24)18-21-11-17-19(22-18)26-10-9-25-17/h1-4,11,13H,5-10,12H2. The molecule has 1 atom stereocenters. The van der Waals surface area contributed by atoms with Crippen molar-refractivity contribution in [2.24, 2.45) is 0 Å². The zero-order valence-electron chi connectivity index (χ0n) is 14.4. The summed E-state index contributed by atoms with van der Waals surface area (Å²) in [7, 11) is 0. The van der Waals surface area contributed by atoms with Crippen molar-refractivity contribution in [2.45, 2.75) is 18.8 Å². The molecule has 1 unspecified atom stereocenters. The second-order valence-electron chi connectivity index (χ2n) is 6.54. The summed E-state index contributed by atoms with van der Waals surface area (Å²) in [6.45, 7) is 3.11. The van der Waals surface area contributed by atoms with Gasteiger partial charge in [-0.2, -0.15) is 4.98 Å². The maximum atomic E-state index is 13.9. The number of carbonyl (C=O) groups excluding carboxylic acids is 1. The Morgan fingerprint density at radius 3 is 3.00 bits per heavy atom. The summed E-state index contributed by atoms with van der Waals surface area (Å²) < 4.78 is 24.7. The second kappa shape index (κ2) is 7.37. The van der Waals surface area contributed by atoms with Crippen LogP contribution in [0.5, 0.6) is 11.6 Å². The molecule has 0 saturated carbocycles. The Labute approximate surface area is 151 Å². The Morgan fingerprint density at radius 1 is 1.27 bits per heavy atom. The molecule has 0 amide bonds. The monoisotopic (exact) mass is 357 g/mol. The highest BCUT2D eigenvalue weighted by Gasteiger charge is 2.26. The van der Waals surface area contributed by atoms with Crippen molar-refractivity contribution in [3.63, 3.8) is 0 Å². The summed E-state index contributed by atoms with van der Waals surface area (Å²) in [6, 6.07) is 6.92. The highest BCUT2D eigenvalue weighted by Crippen LogP contribution is 2.29. The van der Waals surface area contributed by atoms with E-state index in [4.69, 9.17) is 9.47 Å². The molecule has 6 nitrogen and oxygen atoms in total. The van der Waals surface area contributed by atoms with E-state index in [2.05, 4.69) is 14.9 Å². The van der Waals surface area contributed by atoms with E-state index in [1.807, 2.05) is 12.1 Å². The van der Waals surface area contributed by atoms with E-state index in [1.54, 1.807) is 6.07 Å². The lowest BCUT2D eigenvalue weighted by atomic mass is 9.98. The molecule has 0 spiro atoms. The Morgan fingerprint density at radius 2 is 2.12 bits per heavy atom. The molecule has 3 heterocycles. The Hall–Kier alpha value is -2.54. The van der Waals surface area contributed by atoms with Gasteiger partial charge < -0.3 is 14.4 Å². The molecular formula is C19H20FN3O3. The number of Topliss-reactive ketones (excluding diaryl/α,β-unsaturated/α-hetero) is 1. The van der Waals surface area contributed by atoms with Crippen LogP contribution in [-0.2, 0) is 0 Å². The van der Waals surface area contributed by atoms with Crippen LogP contribution in [-0.4, -0.2) is 53.5 Å². The van der Waals surface area contributed by atoms with E-state index < -0.39 is 0 Å². The average molecular weight is 357 g/mol. The number of likely N-dealkylation sites (tertiary alicyclic amines) is 1. The molecule has 1 aromatic heterocycles. The van der Waals surface area contributed by atoms with Gasteiger partial charge in [-0.3, -0.25) is 4.79 Å². The minimum atomic E-state index is -0.153. The van der Waals surface area contributed by atoms with Crippen LogP contribution in [0.1, 0.15) is 34.9 Å². The van der Waals surface area contributed by atoms with E-state index in [0.717, 1.165) is 25.1 Å². The lowest BCUT2D eigenvalue weighted by molar-refractivity contribution is 0.0954. The molecule has 26 heavy (non-hydrogen) atoms. The third-order valence-corrected chi connectivity index (χ3v) is 4.82. The first kappa shape index (κ1) is 16.9. The van der Waals surface area contributed by atoms with Crippen LogP contribution >= 0.6 is 0 Å². The second-order valence-corrected chi connectivity index (χ2v) is 6.54. The summed E-state index contributed by atoms with van der Waals surface area (Å²) in [4.78, 5) is 22.8. The van der Waals surface area contributed by atoms with E-state index in [1.165, 1.54) is 12.3 Å². The fraction of sp³-hybridized carbons (Fsp3) is 0.421. The minimum Gasteiger partial charge on any atom is -0.483 e. The number of fused-ring (bicyclic) bond motifs is 1. The first-order valence-corrected chi connectivity index (χ1v) is 8.83. The van der Waals surface area contributed by atoms with Gasteiger partial charge in [-0.05, 0) is 24.6 Å². The van der Waals surface area contributed by atoms with Gasteiger partial charge in [0.25, 0.3) is 5.88 Å². The quantitative estimate of drug-likeness (QED) is 0.766. The van der Waals surface area contributed by atoms with E-state index in [0.29, 0.717) is 37.8 Å².